The largest absolute Gasteiger partial charge is 0.301 e. The molecule has 2 aromatic carbocycles. The average molecular weight is 400 g/mol. The summed E-state index contributed by atoms with van der Waals surface area (Å²) in [6.45, 7) is 10.4. The normalized spacial score (nSPS) is 27.1. The summed E-state index contributed by atoms with van der Waals surface area (Å²) in [7, 11) is 0. The minimum atomic E-state index is -0.202. The highest BCUT2D eigenvalue weighted by Gasteiger charge is 2.43. The number of hydrogen-bond donors (Lipinski definition) is 2. The van der Waals surface area contributed by atoms with E-state index in [9.17, 15) is 4.39 Å². The lowest BCUT2D eigenvalue weighted by Gasteiger charge is -2.52. The van der Waals surface area contributed by atoms with E-state index in [0.29, 0.717) is 0 Å². The molecule has 2 bridgehead atoms. The highest BCUT2D eigenvalue weighted by Crippen LogP contribution is 2.36. The van der Waals surface area contributed by atoms with Crippen LogP contribution in [0.4, 0.5) is 4.39 Å². The van der Waals surface area contributed by atoms with E-state index < -0.39 is 0 Å². The first-order chi connectivity index (χ1) is 13.4. The SMILES string of the molecule is CC(C)(NSNC1(C)CN2CCC1CC2)c1ccc(-c2ccc(F)cc2)cc1. The number of rotatable bonds is 6. The van der Waals surface area contributed by atoms with Gasteiger partial charge in [-0.1, -0.05) is 36.4 Å². The Morgan fingerprint density at radius 3 is 2.11 bits per heavy atom. The van der Waals surface area contributed by atoms with Crippen molar-refractivity contribution in [3.8, 4) is 11.1 Å². The van der Waals surface area contributed by atoms with Gasteiger partial charge in [0.25, 0.3) is 0 Å². The van der Waals surface area contributed by atoms with Gasteiger partial charge >= 0.3 is 0 Å². The maximum absolute atomic E-state index is 13.1. The van der Waals surface area contributed by atoms with Gasteiger partial charge in [-0.2, -0.15) is 0 Å². The van der Waals surface area contributed by atoms with E-state index in [1.54, 1.807) is 12.1 Å². The predicted octanol–water partition coefficient (Wildman–Crippen LogP) is 4.95. The van der Waals surface area contributed by atoms with Crippen molar-refractivity contribution in [1.29, 1.82) is 0 Å². The fourth-order valence-corrected chi connectivity index (χ4v) is 5.38. The van der Waals surface area contributed by atoms with Crippen molar-refractivity contribution in [3.05, 3.63) is 59.9 Å². The van der Waals surface area contributed by atoms with Gasteiger partial charge in [-0.05, 0) is 81.4 Å². The van der Waals surface area contributed by atoms with Gasteiger partial charge in [0.15, 0.2) is 0 Å². The van der Waals surface area contributed by atoms with Crippen molar-refractivity contribution < 1.29 is 4.39 Å². The number of fused-ring (bicyclic) bond motifs is 3. The minimum Gasteiger partial charge on any atom is -0.301 e. The second-order valence-electron chi connectivity index (χ2n) is 8.98. The molecule has 1 atom stereocenters. The second kappa shape index (κ2) is 7.79. The maximum atomic E-state index is 13.1. The van der Waals surface area contributed by atoms with Crippen LogP contribution in [0.2, 0.25) is 0 Å². The zero-order valence-corrected chi connectivity index (χ0v) is 17.8. The zero-order chi connectivity index (χ0) is 19.8. The summed E-state index contributed by atoms with van der Waals surface area (Å²) in [5, 5.41) is 0. The second-order valence-corrected chi connectivity index (χ2v) is 9.60. The first kappa shape index (κ1) is 19.9. The third kappa shape index (κ3) is 4.13. The van der Waals surface area contributed by atoms with Gasteiger partial charge in [0.05, 0.1) is 0 Å². The molecular weight excluding hydrogens is 369 g/mol. The molecule has 0 aromatic heterocycles. The van der Waals surface area contributed by atoms with Crippen LogP contribution in [0.25, 0.3) is 11.1 Å². The van der Waals surface area contributed by atoms with Gasteiger partial charge in [0, 0.05) is 29.8 Å². The monoisotopic (exact) mass is 399 g/mol. The van der Waals surface area contributed by atoms with Crippen molar-refractivity contribution in [2.24, 2.45) is 5.92 Å². The van der Waals surface area contributed by atoms with Gasteiger partial charge in [-0.25, -0.2) is 13.8 Å². The van der Waals surface area contributed by atoms with Crippen molar-refractivity contribution in [2.45, 2.75) is 44.7 Å². The third-order valence-corrected chi connectivity index (χ3v) is 7.60. The van der Waals surface area contributed by atoms with E-state index in [-0.39, 0.29) is 16.9 Å². The topological polar surface area (TPSA) is 27.3 Å². The summed E-state index contributed by atoms with van der Waals surface area (Å²) in [6.07, 6.45) is 2.61. The van der Waals surface area contributed by atoms with Crippen LogP contribution in [0.5, 0.6) is 0 Å². The Bertz CT molecular complexity index is 798. The summed E-state index contributed by atoms with van der Waals surface area (Å²) < 4.78 is 20.5. The first-order valence-electron chi connectivity index (χ1n) is 10.1. The van der Waals surface area contributed by atoms with Crippen LogP contribution in [0.3, 0.4) is 0 Å². The minimum absolute atomic E-state index is 0.163. The Morgan fingerprint density at radius 2 is 1.57 bits per heavy atom. The zero-order valence-electron chi connectivity index (χ0n) is 17.0. The molecule has 0 saturated carbocycles. The Morgan fingerprint density at radius 1 is 1.00 bits per heavy atom. The lowest BCUT2D eigenvalue weighted by molar-refractivity contribution is 0.0309. The summed E-state index contributed by atoms with van der Waals surface area (Å²) in [6, 6.07) is 15.2. The van der Waals surface area contributed by atoms with Crippen LogP contribution in [0.1, 0.15) is 39.2 Å². The highest BCUT2D eigenvalue weighted by atomic mass is 32.2. The van der Waals surface area contributed by atoms with Crippen LogP contribution in [0.15, 0.2) is 48.5 Å². The molecule has 5 rings (SSSR count). The molecule has 3 aliphatic rings. The quantitative estimate of drug-likeness (QED) is 0.672. The van der Waals surface area contributed by atoms with Crippen LogP contribution < -0.4 is 9.44 Å². The van der Waals surface area contributed by atoms with Crippen molar-refractivity contribution in [3.63, 3.8) is 0 Å². The number of piperidine rings is 3. The Kier molecular flexibility index (Phi) is 5.53. The van der Waals surface area contributed by atoms with Gasteiger partial charge in [0.1, 0.15) is 5.82 Å². The lowest BCUT2D eigenvalue weighted by atomic mass is 9.75. The molecule has 2 aromatic rings. The third-order valence-electron chi connectivity index (χ3n) is 6.42. The summed E-state index contributed by atoms with van der Waals surface area (Å²) in [5.41, 5.74) is 3.38. The smallest absolute Gasteiger partial charge is 0.123 e. The van der Waals surface area contributed by atoms with E-state index in [1.165, 1.54) is 43.6 Å². The molecule has 3 heterocycles. The molecule has 2 N–H and O–H groups in total. The molecule has 1 unspecified atom stereocenters. The Balaban J connectivity index is 1.37. The van der Waals surface area contributed by atoms with Crippen LogP contribution in [-0.2, 0) is 5.54 Å². The van der Waals surface area contributed by atoms with Crippen molar-refractivity contribution in [1.82, 2.24) is 14.3 Å². The van der Waals surface area contributed by atoms with Gasteiger partial charge in [-0.3, -0.25) is 0 Å². The molecular formula is C23H30FN3S. The number of hydrogen-bond acceptors (Lipinski definition) is 4. The van der Waals surface area contributed by atoms with E-state index in [4.69, 9.17) is 0 Å². The number of benzene rings is 2. The molecule has 0 amide bonds. The van der Waals surface area contributed by atoms with E-state index in [0.717, 1.165) is 23.6 Å². The van der Waals surface area contributed by atoms with Crippen molar-refractivity contribution in [2.75, 3.05) is 19.6 Å². The number of halogens is 1. The molecule has 3 aliphatic heterocycles. The maximum Gasteiger partial charge on any atom is 0.123 e. The molecule has 150 valence electrons. The van der Waals surface area contributed by atoms with Crippen molar-refractivity contribution >= 4 is 12.1 Å². The van der Waals surface area contributed by atoms with Gasteiger partial charge < -0.3 is 4.90 Å². The predicted molar refractivity (Wildman–Crippen MR) is 116 cm³/mol. The van der Waals surface area contributed by atoms with E-state index in [2.05, 4.69) is 59.4 Å². The molecule has 5 heteroatoms. The molecule has 28 heavy (non-hydrogen) atoms. The standard InChI is InChI=1S/C23H30FN3S/c1-22(2,25-28-26-23(3)16-27-14-12-20(23)13-15-27)19-8-4-17(5-9-19)18-6-10-21(24)11-7-18/h4-11,20,25-26H,12-16H2,1-3H3. The molecule has 0 spiro atoms. The average Bonchev–Trinajstić information content (AvgIpc) is 2.69. The van der Waals surface area contributed by atoms with Crippen LogP contribution in [0, 0.1) is 11.7 Å². The van der Waals surface area contributed by atoms with Crippen LogP contribution >= 0.6 is 12.1 Å². The number of nitrogens with zero attached hydrogens (tertiary/aromatic N) is 1. The summed E-state index contributed by atoms with van der Waals surface area (Å²) >= 11 is 1.63. The highest BCUT2D eigenvalue weighted by molar-refractivity contribution is 7.95. The molecule has 0 radical (unpaired) electrons. The number of nitrogens with one attached hydrogen (secondary N) is 2. The fraction of sp³-hybridized carbons (Fsp3) is 0.478. The Labute approximate surface area is 172 Å². The Hall–Kier alpha value is -1.40. The van der Waals surface area contributed by atoms with Crippen LogP contribution in [-0.4, -0.2) is 30.1 Å². The molecule has 3 fully saturated rings. The molecule has 3 saturated heterocycles. The van der Waals surface area contributed by atoms with Gasteiger partial charge in [-0.15, -0.1) is 0 Å². The van der Waals surface area contributed by atoms with E-state index >= 15 is 0 Å². The van der Waals surface area contributed by atoms with E-state index in [1.807, 2.05) is 12.1 Å². The fourth-order valence-electron chi connectivity index (χ4n) is 4.49. The molecule has 3 nitrogen and oxygen atoms in total. The van der Waals surface area contributed by atoms with Gasteiger partial charge in [0.2, 0.25) is 0 Å². The molecule has 0 aliphatic carbocycles. The summed E-state index contributed by atoms with van der Waals surface area (Å²) in [4.78, 5) is 2.58. The summed E-state index contributed by atoms with van der Waals surface area (Å²) in [5.74, 6) is 0.566. The first-order valence-corrected chi connectivity index (χ1v) is 11.0. The lowest BCUT2D eigenvalue weighted by Crippen LogP contribution is -2.63.